The summed E-state index contributed by atoms with van der Waals surface area (Å²) in [6.07, 6.45) is 0.661. The highest BCUT2D eigenvalue weighted by atomic mass is 19.1. The lowest BCUT2D eigenvalue weighted by Crippen LogP contribution is -2.60. The Morgan fingerprint density at radius 1 is 0.906 bits per heavy atom. The first-order valence-electron chi connectivity index (χ1n) is 10.9. The fraction of sp³-hybridized carbons (Fsp3) is 0.269. The van der Waals surface area contributed by atoms with E-state index in [1.807, 2.05) is 24.3 Å². The van der Waals surface area contributed by atoms with Gasteiger partial charge in [-0.05, 0) is 60.0 Å². The largest absolute Gasteiger partial charge is 0.365 e. The molecule has 2 atom stereocenters. The summed E-state index contributed by atoms with van der Waals surface area (Å²) in [7, 11) is 0. The van der Waals surface area contributed by atoms with Crippen LogP contribution in [0.1, 0.15) is 11.1 Å². The molecule has 1 fully saturated rings. The maximum atomic E-state index is 13.3. The number of piperazine rings is 1. The van der Waals surface area contributed by atoms with E-state index in [1.165, 1.54) is 35.5 Å². The fourth-order valence-electron chi connectivity index (χ4n) is 4.88. The lowest BCUT2D eigenvalue weighted by Gasteiger charge is -2.49. The molecule has 0 bridgehead atoms. The zero-order valence-electron chi connectivity index (χ0n) is 17.7. The summed E-state index contributed by atoms with van der Waals surface area (Å²) in [5, 5.41) is 2.98. The summed E-state index contributed by atoms with van der Waals surface area (Å²) in [4.78, 5) is 18.0. The third-order valence-electron chi connectivity index (χ3n) is 6.48. The maximum Gasteiger partial charge on any atom is 0.229 e. The molecule has 3 aromatic rings. The molecule has 2 aliphatic heterocycles. The number of benzene rings is 3. The molecule has 1 N–H and O–H groups in total. The Hall–Kier alpha value is -3.25. The number of fused-ring (bicyclic) bond motifs is 3. The Morgan fingerprint density at radius 2 is 1.59 bits per heavy atom. The van der Waals surface area contributed by atoms with Gasteiger partial charge >= 0.3 is 0 Å². The Bertz CT molecular complexity index is 1100. The second kappa shape index (κ2) is 8.71. The molecule has 0 spiro atoms. The zero-order chi connectivity index (χ0) is 22.1. The van der Waals surface area contributed by atoms with Crippen molar-refractivity contribution in [3.05, 3.63) is 95.6 Å². The number of nitrogens with zero attached hydrogens (tertiary/aromatic N) is 2. The molecule has 2 heterocycles. The smallest absolute Gasteiger partial charge is 0.229 e. The SMILES string of the molecule is O=C(Nc1ccc(F)cc1)C1Cc2ccccc2N2CCN(Cc3ccc(F)cc3)CC12. The van der Waals surface area contributed by atoms with Crippen LogP contribution in [-0.4, -0.2) is 36.5 Å². The molecule has 5 rings (SSSR count). The second-order valence-electron chi connectivity index (χ2n) is 8.56. The minimum Gasteiger partial charge on any atom is -0.365 e. The van der Waals surface area contributed by atoms with Crippen LogP contribution in [0.3, 0.4) is 0 Å². The fourth-order valence-corrected chi connectivity index (χ4v) is 4.88. The summed E-state index contributed by atoms with van der Waals surface area (Å²) in [5.74, 6) is -0.847. The number of halogens is 2. The molecule has 164 valence electrons. The minimum absolute atomic E-state index is 0.0274. The summed E-state index contributed by atoms with van der Waals surface area (Å²) < 4.78 is 26.5. The van der Waals surface area contributed by atoms with Gasteiger partial charge < -0.3 is 10.2 Å². The van der Waals surface area contributed by atoms with E-state index < -0.39 is 0 Å². The van der Waals surface area contributed by atoms with Crippen LogP contribution in [0.25, 0.3) is 0 Å². The molecule has 32 heavy (non-hydrogen) atoms. The number of amides is 1. The van der Waals surface area contributed by atoms with Gasteiger partial charge in [-0.2, -0.15) is 0 Å². The van der Waals surface area contributed by atoms with E-state index in [4.69, 9.17) is 0 Å². The van der Waals surface area contributed by atoms with Crippen molar-refractivity contribution < 1.29 is 13.6 Å². The van der Waals surface area contributed by atoms with Crippen molar-refractivity contribution in [1.29, 1.82) is 0 Å². The van der Waals surface area contributed by atoms with Gasteiger partial charge in [0.25, 0.3) is 0 Å². The summed E-state index contributed by atoms with van der Waals surface area (Å²) >= 11 is 0. The van der Waals surface area contributed by atoms with Crippen LogP contribution in [-0.2, 0) is 17.8 Å². The number of anilines is 2. The molecule has 2 unspecified atom stereocenters. The Labute approximate surface area is 186 Å². The first-order valence-corrected chi connectivity index (χ1v) is 10.9. The molecular weight excluding hydrogens is 408 g/mol. The normalized spacial score (nSPS) is 20.4. The topological polar surface area (TPSA) is 35.6 Å². The van der Waals surface area contributed by atoms with Crippen LogP contribution in [0, 0.1) is 17.6 Å². The Balaban J connectivity index is 1.38. The average molecular weight is 434 g/mol. The summed E-state index contributed by atoms with van der Waals surface area (Å²) in [6, 6.07) is 20.8. The van der Waals surface area contributed by atoms with Gasteiger partial charge in [-0.15, -0.1) is 0 Å². The lowest BCUT2D eigenvalue weighted by molar-refractivity contribution is -0.121. The monoisotopic (exact) mass is 433 g/mol. The van der Waals surface area contributed by atoms with Gasteiger partial charge in [-0.25, -0.2) is 8.78 Å². The van der Waals surface area contributed by atoms with Crippen molar-refractivity contribution in [2.24, 2.45) is 5.92 Å². The molecule has 2 aliphatic rings. The lowest BCUT2D eigenvalue weighted by atomic mass is 9.83. The van der Waals surface area contributed by atoms with Crippen molar-refractivity contribution in [3.63, 3.8) is 0 Å². The van der Waals surface area contributed by atoms with Gasteiger partial charge in [0.2, 0.25) is 5.91 Å². The van der Waals surface area contributed by atoms with Crippen molar-refractivity contribution in [2.45, 2.75) is 19.0 Å². The predicted octanol–water partition coefficient (Wildman–Crippen LogP) is 4.47. The van der Waals surface area contributed by atoms with E-state index in [9.17, 15) is 13.6 Å². The van der Waals surface area contributed by atoms with E-state index in [0.29, 0.717) is 12.1 Å². The molecule has 0 saturated carbocycles. The molecule has 0 aromatic heterocycles. The van der Waals surface area contributed by atoms with Crippen molar-refractivity contribution in [3.8, 4) is 0 Å². The van der Waals surface area contributed by atoms with Gasteiger partial charge in [0.05, 0.1) is 12.0 Å². The van der Waals surface area contributed by atoms with E-state index in [1.54, 1.807) is 12.1 Å². The highest BCUT2D eigenvalue weighted by Gasteiger charge is 2.41. The van der Waals surface area contributed by atoms with Crippen molar-refractivity contribution in [2.75, 3.05) is 29.9 Å². The highest BCUT2D eigenvalue weighted by molar-refractivity contribution is 5.94. The molecule has 1 saturated heterocycles. The van der Waals surface area contributed by atoms with Crippen LogP contribution in [0.2, 0.25) is 0 Å². The average Bonchev–Trinajstić information content (AvgIpc) is 2.81. The number of carbonyl (C=O) groups is 1. The van der Waals surface area contributed by atoms with Crippen LogP contribution >= 0.6 is 0 Å². The Morgan fingerprint density at radius 3 is 2.34 bits per heavy atom. The first-order chi connectivity index (χ1) is 15.6. The van der Waals surface area contributed by atoms with Crippen molar-refractivity contribution >= 4 is 17.3 Å². The summed E-state index contributed by atoms with van der Waals surface area (Å²) in [6.45, 7) is 3.16. The molecule has 0 aliphatic carbocycles. The number of rotatable bonds is 4. The molecule has 0 radical (unpaired) electrons. The van der Waals surface area contributed by atoms with Crippen LogP contribution in [0.15, 0.2) is 72.8 Å². The molecular formula is C26H25F2N3O. The minimum atomic E-state index is -0.329. The van der Waals surface area contributed by atoms with E-state index in [2.05, 4.69) is 27.2 Å². The van der Waals surface area contributed by atoms with E-state index >= 15 is 0 Å². The molecule has 6 heteroatoms. The third-order valence-corrected chi connectivity index (χ3v) is 6.48. The van der Waals surface area contributed by atoms with Gasteiger partial charge in [-0.3, -0.25) is 9.69 Å². The standard InChI is InChI=1S/C26H25F2N3O/c27-20-7-5-18(6-8-20)16-30-13-14-31-24-4-2-1-3-19(24)15-23(25(31)17-30)26(32)29-22-11-9-21(28)10-12-22/h1-12,23,25H,13-17H2,(H,29,32). The predicted molar refractivity (Wildman–Crippen MR) is 121 cm³/mol. The summed E-state index contributed by atoms with van der Waals surface area (Å²) in [5.41, 5.74) is 4.03. The van der Waals surface area contributed by atoms with Gasteiger partial charge in [0.15, 0.2) is 0 Å². The van der Waals surface area contributed by atoms with Crippen LogP contribution in [0.5, 0.6) is 0 Å². The zero-order valence-corrected chi connectivity index (χ0v) is 17.7. The molecule has 4 nitrogen and oxygen atoms in total. The Kier molecular flexibility index (Phi) is 5.62. The maximum absolute atomic E-state index is 13.3. The van der Waals surface area contributed by atoms with Crippen LogP contribution < -0.4 is 10.2 Å². The molecule has 3 aromatic carbocycles. The first kappa shape index (κ1) is 20.6. The van der Waals surface area contributed by atoms with Gasteiger partial charge in [-0.1, -0.05) is 30.3 Å². The van der Waals surface area contributed by atoms with Gasteiger partial charge in [0, 0.05) is 37.6 Å². The van der Waals surface area contributed by atoms with Crippen molar-refractivity contribution in [1.82, 2.24) is 4.90 Å². The van der Waals surface area contributed by atoms with E-state index in [-0.39, 0.29) is 29.5 Å². The highest BCUT2D eigenvalue weighted by Crippen LogP contribution is 2.36. The number of nitrogens with one attached hydrogen (secondary N) is 1. The van der Waals surface area contributed by atoms with Crippen LogP contribution in [0.4, 0.5) is 20.2 Å². The number of hydrogen-bond acceptors (Lipinski definition) is 3. The van der Waals surface area contributed by atoms with Gasteiger partial charge in [0.1, 0.15) is 11.6 Å². The van der Waals surface area contributed by atoms with E-state index in [0.717, 1.165) is 31.7 Å². The quantitative estimate of drug-likeness (QED) is 0.660. The third kappa shape index (κ3) is 4.23. The second-order valence-corrected chi connectivity index (χ2v) is 8.56. The number of hydrogen-bond donors (Lipinski definition) is 1. The molecule has 1 amide bonds. The number of para-hydroxylation sites is 1. The number of carbonyl (C=O) groups excluding carboxylic acids is 1.